The highest BCUT2D eigenvalue weighted by molar-refractivity contribution is 5.95. The molecule has 12 heteroatoms. The molecule has 61 heavy (non-hydrogen) atoms. The highest BCUT2D eigenvalue weighted by atomic mass is 16.3. The van der Waals surface area contributed by atoms with E-state index in [0.717, 1.165) is 58.0 Å². The van der Waals surface area contributed by atoms with Gasteiger partial charge in [-0.3, -0.25) is 19.2 Å². The number of aromatic hydroxyl groups is 1. The third-order valence-corrected chi connectivity index (χ3v) is 12.3. The molecule has 2 heterocycles. The van der Waals surface area contributed by atoms with Crippen LogP contribution in [-0.4, -0.2) is 75.5 Å². The molecule has 0 radical (unpaired) electrons. The number of carbonyl (C=O) groups excluding carboxylic acids is 4. The first-order chi connectivity index (χ1) is 29.4. The van der Waals surface area contributed by atoms with Gasteiger partial charge in [-0.05, 0) is 105 Å². The van der Waals surface area contributed by atoms with E-state index in [-0.39, 0.29) is 24.1 Å². The molecule has 330 valence electrons. The molecule has 4 amide bonds. The first-order valence-electron chi connectivity index (χ1n) is 22.5. The number of aromatic nitrogens is 1. The van der Waals surface area contributed by atoms with Crippen molar-refractivity contribution in [1.82, 2.24) is 25.4 Å². The Morgan fingerprint density at radius 1 is 0.820 bits per heavy atom. The number of phenols is 1. The molecule has 0 aliphatic carbocycles. The molecular formula is C49H69N7O5. The van der Waals surface area contributed by atoms with Gasteiger partial charge in [0.1, 0.15) is 17.8 Å². The zero-order valence-corrected chi connectivity index (χ0v) is 36.8. The van der Waals surface area contributed by atoms with Gasteiger partial charge in [0.2, 0.25) is 17.7 Å². The van der Waals surface area contributed by atoms with E-state index in [0.29, 0.717) is 38.8 Å². The van der Waals surface area contributed by atoms with Crippen LogP contribution >= 0.6 is 0 Å². The van der Waals surface area contributed by atoms with Crippen LogP contribution in [0.25, 0.3) is 10.9 Å². The maximum absolute atomic E-state index is 14.7. The molecule has 12 nitrogen and oxygen atoms in total. The summed E-state index contributed by atoms with van der Waals surface area (Å²) in [5.74, 6) is -1.79. The maximum Gasteiger partial charge on any atom is 0.264 e. The summed E-state index contributed by atoms with van der Waals surface area (Å²) in [5.41, 5.74) is 17.8. The van der Waals surface area contributed by atoms with Gasteiger partial charge in [0, 0.05) is 30.7 Å². The molecule has 1 aromatic heterocycles. The lowest BCUT2D eigenvalue weighted by atomic mass is 9.95. The molecule has 1 fully saturated rings. The summed E-state index contributed by atoms with van der Waals surface area (Å²) in [4.78, 5) is 57.9. The predicted molar refractivity (Wildman–Crippen MR) is 243 cm³/mol. The SMILES string of the molecule is CCCCCCCCCCC(N)CNC(Cc1c(C)cc(O)cc1C)C(=O)N1CCCC1C(=O)NC(C(=O)NC(CCc1ccccc1)C(N)=O)n1cc(C)c2ccccc21. The molecule has 5 atom stereocenters. The van der Waals surface area contributed by atoms with E-state index < -0.39 is 42.0 Å². The number of hydrogen-bond acceptors (Lipinski definition) is 7. The van der Waals surface area contributed by atoms with Crippen LogP contribution in [0.2, 0.25) is 0 Å². The number of primary amides is 1. The molecular weight excluding hydrogens is 767 g/mol. The molecule has 0 saturated carbocycles. The number of nitrogens with two attached hydrogens (primary N) is 2. The lowest BCUT2D eigenvalue weighted by molar-refractivity contribution is -0.141. The zero-order valence-electron chi connectivity index (χ0n) is 36.8. The number of aryl methyl sites for hydroxylation is 4. The summed E-state index contributed by atoms with van der Waals surface area (Å²) in [5, 5.41) is 20.5. The predicted octanol–water partition coefficient (Wildman–Crippen LogP) is 6.54. The molecule has 1 aliphatic heterocycles. The van der Waals surface area contributed by atoms with Gasteiger partial charge in [0.25, 0.3) is 5.91 Å². The number of unbranched alkanes of at least 4 members (excludes halogenated alkanes) is 7. The number of nitrogens with one attached hydrogen (secondary N) is 3. The van der Waals surface area contributed by atoms with Gasteiger partial charge in [-0.25, -0.2) is 0 Å². The van der Waals surface area contributed by atoms with Crippen molar-refractivity contribution in [2.45, 2.75) is 148 Å². The quantitative estimate of drug-likeness (QED) is 0.0433. The summed E-state index contributed by atoms with van der Waals surface area (Å²) in [6, 6.07) is 18.0. The summed E-state index contributed by atoms with van der Waals surface area (Å²) in [6.07, 6.45) is 13.3. The number of benzene rings is 3. The van der Waals surface area contributed by atoms with Crippen LogP contribution in [0.1, 0.15) is 118 Å². The van der Waals surface area contributed by atoms with Crippen molar-refractivity contribution < 1.29 is 24.3 Å². The van der Waals surface area contributed by atoms with Crippen LogP contribution in [0, 0.1) is 20.8 Å². The Bertz CT molecular complexity index is 2040. The molecule has 1 aliphatic rings. The first kappa shape index (κ1) is 46.9. The second-order valence-electron chi connectivity index (χ2n) is 17.1. The van der Waals surface area contributed by atoms with Gasteiger partial charge in [0.15, 0.2) is 6.17 Å². The number of carbonyl (C=O) groups is 4. The average Bonchev–Trinajstić information content (AvgIpc) is 3.87. The molecule has 5 unspecified atom stereocenters. The van der Waals surface area contributed by atoms with Crippen LogP contribution in [0.15, 0.2) is 72.9 Å². The van der Waals surface area contributed by atoms with E-state index in [9.17, 15) is 24.3 Å². The Labute approximate surface area is 362 Å². The number of rotatable bonds is 24. The molecule has 0 spiro atoms. The van der Waals surface area contributed by atoms with Crippen molar-refractivity contribution in [1.29, 1.82) is 0 Å². The summed E-state index contributed by atoms with van der Waals surface area (Å²) < 4.78 is 1.71. The monoisotopic (exact) mass is 836 g/mol. The highest BCUT2D eigenvalue weighted by Gasteiger charge is 2.39. The van der Waals surface area contributed by atoms with Gasteiger partial charge in [0.05, 0.1) is 11.6 Å². The summed E-state index contributed by atoms with van der Waals surface area (Å²) in [6.45, 7) is 8.81. The van der Waals surface area contributed by atoms with Crippen LogP contribution in [-0.2, 0) is 32.0 Å². The highest BCUT2D eigenvalue weighted by Crippen LogP contribution is 2.27. The fourth-order valence-corrected chi connectivity index (χ4v) is 8.76. The van der Waals surface area contributed by atoms with Crippen LogP contribution in [0.5, 0.6) is 5.75 Å². The van der Waals surface area contributed by atoms with Crippen molar-refractivity contribution in [2.75, 3.05) is 13.1 Å². The lowest BCUT2D eigenvalue weighted by Gasteiger charge is -2.31. The van der Waals surface area contributed by atoms with Crippen molar-refractivity contribution >= 4 is 34.5 Å². The van der Waals surface area contributed by atoms with Crippen molar-refractivity contribution in [3.05, 3.63) is 101 Å². The minimum atomic E-state index is -1.24. The topological polar surface area (TPSA) is 185 Å². The second kappa shape index (κ2) is 23.1. The van der Waals surface area contributed by atoms with E-state index in [1.165, 1.54) is 38.5 Å². The third-order valence-electron chi connectivity index (χ3n) is 12.3. The van der Waals surface area contributed by atoms with Crippen LogP contribution in [0.4, 0.5) is 0 Å². The molecule has 1 saturated heterocycles. The summed E-state index contributed by atoms with van der Waals surface area (Å²) in [7, 11) is 0. The lowest BCUT2D eigenvalue weighted by Crippen LogP contribution is -2.56. The van der Waals surface area contributed by atoms with Gasteiger partial charge in [-0.1, -0.05) is 107 Å². The Kier molecular flexibility index (Phi) is 17.8. The average molecular weight is 836 g/mol. The Morgan fingerprint density at radius 2 is 1.48 bits per heavy atom. The molecule has 0 bridgehead atoms. The number of amides is 4. The maximum atomic E-state index is 14.7. The molecule has 3 aromatic carbocycles. The van der Waals surface area contributed by atoms with Gasteiger partial charge < -0.3 is 42.0 Å². The van der Waals surface area contributed by atoms with Crippen molar-refractivity contribution in [2.24, 2.45) is 11.5 Å². The fraction of sp³-hybridized carbons (Fsp3) is 0.510. The molecule has 8 N–H and O–H groups in total. The number of hydrogen-bond donors (Lipinski definition) is 6. The van der Waals surface area contributed by atoms with Crippen molar-refractivity contribution in [3.63, 3.8) is 0 Å². The van der Waals surface area contributed by atoms with Gasteiger partial charge >= 0.3 is 0 Å². The number of nitrogens with zero attached hydrogens (tertiary/aromatic N) is 2. The van der Waals surface area contributed by atoms with E-state index in [1.807, 2.05) is 81.6 Å². The van der Waals surface area contributed by atoms with Gasteiger partial charge in [-0.2, -0.15) is 0 Å². The second-order valence-corrected chi connectivity index (χ2v) is 17.1. The summed E-state index contributed by atoms with van der Waals surface area (Å²) >= 11 is 0. The normalized spacial score (nSPS) is 16.0. The smallest absolute Gasteiger partial charge is 0.264 e. The van der Waals surface area contributed by atoms with E-state index in [1.54, 1.807) is 21.6 Å². The zero-order chi connectivity index (χ0) is 43.9. The van der Waals surface area contributed by atoms with Crippen LogP contribution in [0.3, 0.4) is 0 Å². The molecule has 5 rings (SSSR count). The minimum absolute atomic E-state index is 0.147. The number of fused-ring (bicyclic) bond motifs is 1. The van der Waals surface area contributed by atoms with Gasteiger partial charge in [-0.15, -0.1) is 0 Å². The Hall–Kier alpha value is -5.20. The fourth-order valence-electron chi connectivity index (χ4n) is 8.76. The number of phenolic OH excluding ortho intramolecular Hbond substituents is 1. The minimum Gasteiger partial charge on any atom is -0.508 e. The molecule has 4 aromatic rings. The van der Waals surface area contributed by atoms with E-state index in [4.69, 9.17) is 11.5 Å². The first-order valence-corrected chi connectivity index (χ1v) is 22.5. The third kappa shape index (κ3) is 13.1. The number of para-hydroxylation sites is 1. The number of likely N-dealkylation sites (tertiary alicyclic amines) is 1. The Morgan fingerprint density at radius 3 is 2.16 bits per heavy atom. The van der Waals surface area contributed by atoms with E-state index >= 15 is 0 Å². The standard InChI is InChI=1S/C49H69N7O5/c1-5-6-7-8-9-10-11-15-21-37(50)31-52-42(30-40-33(2)28-38(57)29-34(40)3)49(61)55-27-18-24-44(55)47(59)54-46(56-32-35(4)39-22-16-17-23-43(39)56)48(60)53-41(45(51)58)26-25-36-19-13-12-14-20-36/h12-14,16-17,19-20,22-23,28-29,32,37,41-42,44,46,52,57H,5-11,15,18,21,24-27,30-31,50H2,1-4H3,(H2,51,58)(H,53,60)(H,54,59). The van der Waals surface area contributed by atoms with E-state index in [2.05, 4.69) is 22.9 Å². The van der Waals surface area contributed by atoms with Crippen LogP contribution < -0.4 is 27.4 Å². The largest absolute Gasteiger partial charge is 0.508 e. The van der Waals surface area contributed by atoms with Crippen molar-refractivity contribution in [3.8, 4) is 5.75 Å². The Balaban J connectivity index is 1.33.